The molecule has 0 amide bonds. The van der Waals surface area contributed by atoms with Gasteiger partial charge in [0, 0.05) is 6.42 Å². The normalized spacial score (nSPS) is 14.4. The van der Waals surface area contributed by atoms with Gasteiger partial charge in [0.15, 0.2) is 0 Å². The molecule has 0 spiro atoms. The Kier molecular flexibility index (Phi) is 4.45. The summed E-state index contributed by atoms with van der Waals surface area (Å²) in [4.78, 5) is 34.5. The molecule has 0 aliphatic rings. The van der Waals surface area contributed by atoms with Crippen molar-refractivity contribution < 1.29 is 33.8 Å². The van der Waals surface area contributed by atoms with Crippen molar-refractivity contribution in [3.63, 3.8) is 0 Å². The number of hydrogen-bond acceptors (Lipinski definition) is 4. The van der Waals surface area contributed by atoms with Crippen molar-refractivity contribution in [2.75, 3.05) is 6.54 Å². The van der Waals surface area contributed by atoms with Crippen LogP contribution in [0.4, 0.5) is 0 Å². The summed E-state index contributed by atoms with van der Waals surface area (Å²) < 4.78 is 21.4. The molecule has 8 nitrogen and oxygen atoms in total. The Morgan fingerprint density at radius 2 is 1.43 bits per heavy atom. The van der Waals surface area contributed by atoms with E-state index < -0.39 is 26.7 Å². The molecule has 0 aliphatic carbocycles. The van der Waals surface area contributed by atoms with Crippen LogP contribution >= 0.6 is 15.2 Å². The second-order valence-corrected chi connectivity index (χ2v) is 6.76. The van der Waals surface area contributed by atoms with Gasteiger partial charge in [-0.25, -0.2) is 0 Å². The van der Waals surface area contributed by atoms with Crippen LogP contribution in [0.25, 0.3) is 0 Å². The molecule has 0 saturated heterocycles. The predicted molar refractivity (Wildman–Crippen MR) is 47.3 cm³/mol. The minimum atomic E-state index is -5.30. The van der Waals surface area contributed by atoms with E-state index in [1.807, 2.05) is 0 Å². The Balaban J connectivity index is 5.08. The Morgan fingerprint density at radius 1 is 1.07 bits per heavy atom. The number of aliphatic hydroxyl groups is 1. The first-order valence-electron chi connectivity index (χ1n) is 3.60. The highest BCUT2D eigenvalue weighted by atomic mass is 31.3. The van der Waals surface area contributed by atoms with Crippen molar-refractivity contribution in [3.05, 3.63) is 0 Å². The summed E-state index contributed by atoms with van der Waals surface area (Å²) in [5, 5.41) is 5.91. The summed E-state index contributed by atoms with van der Waals surface area (Å²) in [7, 11) is -10.6. The van der Waals surface area contributed by atoms with Gasteiger partial charge in [0.2, 0.25) is 0 Å². The van der Waals surface area contributed by atoms with Crippen molar-refractivity contribution in [1.82, 2.24) is 0 Å². The molecule has 0 rings (SSSR count). The summed E-state index contributed by atoms with van der Waals surface area (Å²) in [6.07, 6.45) is -0.856. The van der Waals surface area contributed by atoms with Gasteiger partial charge < -0.3 is 30.4 Å². The first-order valence-corrected chi connectivity index (χ1v) is 6.82. The highest BCUT2D eigenvalue weighted by molar-refractivity contribution is 7.72. The standard InChI is InChI=1S/C4H13NO7P2/c5-3-1-2-4(6,13(7,8)9)14(10,11)12/h6H,1-3,5H2,(H2,7,8,9)(H2,10,11,12)/i4+2. The molecule has 0 heterocycles. The summed E-state index contributed by atoms with van der Waals surface area (Å²) in [6.45, 7) is -0.0394. The van der Waals surface area contributed by atoms with Crippen LogP contribution in [-0.4, -0.2) is 36.3 Å². The lowest BCUT2D eigenvalue weighted by Gasteiger charge is -2.28. The predicted octanol–water partition coefficient (Wildman–Crippen LogP) is -1.27. The molecule has 0 aromatic rings. The Hall–Kier alpha value is 0.220. The van der Waals surface area contributed by atoms with E-state index in [9.17, 15) is 14.2 Å². The first-order chi connectivity index (χ1) is 6.06. The SMILES string of the molecule is NCCC[14C](O)(P(=O)(O)O)P(=O)(O)O. The van der Waals surface area contributed by atoms with Gasteiger partial charge in [0.1, 0.15) is 0 Å². The third-order valence-corrected chi connectivity index (χ3v) is 5.53. The van der Waals surface area contributed by atoms with Crippen LogP contribution in [0, 0.1) is 0 Å². The quantitative estimate of drug-likeness (QED) is 0.329. The van der Waals surface area contributed by atoms with Crippen LogP contribution in [-0.2, 0) is 9.13 Å². The maximum atomic E-state index is 10.7. The highest BCUT2D eigenvalue weighted by Crippen LogP contribution is 2.69. The number of nitrogens with two attached hydrogens (primary N) is 1. The summed E-state index contributed by atoms with van der Waals surface area (Å²) in [5.74, 6) is 0. The van der Waals surface area contributed by atoms with Crippen molar-refractivity contribution in [3.8, 4) is 0 Å². The molecule has 14 heavy (non-hydrogen) atoms. The monoisotopic (exact) mass is 251 g/mol. The van der Waals surface area contributed by atoms with Crippen LogP contribution < -0.4 is 5.73 Å². The molecule has 10 heteroatoms. The molecule has 0 bridgehead atoms. The van der Waals surface area contributed by atoms with Gasteiger partial charge in [-0.15, -0.1) is 0 Å². The summed E-state index contributed by atoms with van der Waals surface area (Å²) in [5.41, 5.74) is 5.01. The average molecular weight is 251 g/mol. The lowest BCUT2D eigenvalue weighted by atomic mass is 10.4. The molecule has 0 aromatic carbocycles. The van der Waals surface area contributed by atoms with Crippen LogP contribution in [0.1, 0.15) is 12.8 Å². The van der Waals surface area contributed by atoms with Crippen molar-refractivity contribution in [1.29, 1.82) is 0 Å². The Morgan fingerprint density at radius 3 is 1.64 bits per heavy atom. The van der Waals surface area contributed by atoms with Crippen LogP contribution in [0.3, 0.4) is 0 Å². The van der Waals surface area contributed by atoms with E-state index in [0.717, 1.165) is 0 Å². The molecule has 0 unspecified atom stereocenters. The van der Waals surface area contributed by atoms with Gasteiger partial charge in [0.05, 0.1) is 0 Å². The van der Waals surface area contributed by atoms with Crippen molar-refractivity contribution >= 4 is 15.2 Å². The van der Waals surface area contributed by atoms with Crippen LogP contribution in [0.15, 0.2) is 0 Å². The third-order valence-electron chi connectivity index (χ3n) is 1.65. The van der Waals surface area contributed by atoms with Crippen LogP contribution in [0.5, 0.6) is 0 Å². The van der Waals surface area contributed by atoms with Gasteiger partial charge in [-0.05, 0) is 13.0 Å². The van der Waals surface area contributed by atoms with E-state index in [0.29, 0.717) is 0 Å². The van der Waals surface area contributed by atoms with E-state index >= 15 is 0 Å². The van der Waals surface area contributed by atoms with Gasteiger partial charge in [-0.3, -0.25) is 9.13 Å². The van der Waals surface area contributed by atoms with Gasteiger partial charge in [-0.2, -0.15) is 0 Å². The maximum Gasteiger partial charge on any atom is 0.369 e. The highest BCUT2D eigenvalue weighted by Gasteiger charge is 2.58. The number of rotatable bonds is 5. The summed E-state index contributed by atoms with van der Waals surface area (Å²) >= 11 is 0. The third kappa shape index (κ3) is 2.85. The molecular weight excluding hydrogens is 238 g/mol. The maximum absolute atomic E-state index is 10.7. The van der Waals surface area contributed by atoms with E-state index in [4.69, 9.17) is 25.3 Å². The van der Waals surface area contributed by atoms with E-state index in [1.54, 1.807) is 0 Å². The lowest BCUT2D eigenvalue weighted by molar-refractivity contribution is 0.121. The fraction of sp³-hybridized carbons (Fsp3) is 1.00. The van der Waals surface area contributed by atoms with Crippen molar-refractivity contribution in [2.24, 2.45) is 5.73 Å². The first kappa shape index (κ1) is 14.2. The van der Waals surface area contributed by atoms with Gasteiger partial charge in [-0.1, -0.05) is 0 Å². The lowest BCUT2D eigenvalue weighted by Crippen LogP contribution is -2.29. The molecule has 0 fully saturated rings. The average Bonchev–Trinajstić information content (AvgIpc) is 1.95. The zero-order valence-electron chi connectivity index (χ0n) is 7.15. The smallest absolute Gasteiger partial charge is 0.368 e. The van der Waals surface area contributed by atoms with E-state index in [-0.39, 0.29) is 13.0 Å². The van der Waals surface area contributed by atoms with Crippen LogP contribution in [0.2, 0.25) is 0 Å². The zero-order valence-corrected chi connectivity index (χ0v) is 8.93. The molecule has 0 aliphatic heterocycles. The van der Waals surface area contributed by atoms with Crippen molar-refractivity contribution in [2.45, 2.75) is 17.9 Å². The Labute approximate surface area is 80.1 Å². The van der Waals surface area contributed by atoms with E-state index in [1.165, 1.54) is 0 Å². The second-order valence-electron chi connectivity index (χ2n) is 2.75. The minimum Gasteiger partial charge on any atom is -0.368 e. The molecule has 86 valence electrons. The summed E-state index contributed by atoms with van der Waals surface area (Å²) in [6, 6.07) is 0. The zero-order chi connectivity index (χ0) is 11.6. The fourth-order valence-corrected chi connectivity index (χ4v) is 3.06. The van der Waals surface area contributed by atoms with E-state index in [2.05, 4.69) is 0 Å². The molecule has 7 N–H and O–H groups in total. The number of hydrogen-bond donors (Lipinski definition) is 6. The molecule has 0 saturated carbocycles. The largest absolute Gasteiger partial charge is 0.369 e. The molecule has 0 radical (unpaired) electrons. The molecule has 0 aromatic heterocycles. The molecule has 0 atom stereocenters. The Bertz CT molecular complexity index is 257. The topological polar surface area (TPSA) is 161 Å². The molecular formula is C4H13NO7P2. The van der Waals surface area contributed by atoms with Gasteiger partial charge >= 0.3 is 15.2 Å². The van der Waals surface area contributed by atoms with Gasteiger partial charge in [0.25, 0.3) is 5.08 Å². The fourth-order valence-electron chi connectivity index (χ4n) is 0.800. The minimum absolute atomic E-state index is 0.0394. The second kappa shape index (κ2) is 4.38.